The van der Waals surface area contributed by atoms with Crippen LogP contribution in [0.15, 0.2) is 18.2 Å². The van der Waals surface area contributed by atoms with Crippen LogP contribution < -0.4 is 9.80 Å². The molecule has 0 aliphatic carbocycles. The van der Waals surface area contributed by atoms with Crippen LogP contribution in [0.2, 0.25) is 0 Å². The van der Waals surface area contributed by atoms with E-state index in [9.17, 15) is 36.9 Å². The molecule has 0 unspecified atom stereocenters. The number of carbonyl (C=O) groups excluding carboxylic acids is 1. The molecule has 0 saturated carbocycles. The highest BCUT2D eigenvalue weighted by molar-refractivity contribution is 5.96. The SMILES string of the molecule is O=C(c1ccc(N2CCOCC2)c([N+](=O)[O-])c1)N1CCN(c2c(F)c(F)c(F)c(F)c2F)CC1. The van der Waals surface area contributed by atoms with Crippen molar-refractivity contribution in [3.63, 3.8) is 0 Å². The molecule has 2 saturated heterocycles. The van der Waals surface area contributed by atoms with E-state index in [4.69, 9.17) is 4.74 Å². The van der Waals surface area contributed by atoms with Crippen molar-refractivity contribution in [2.24, 2.45) is 0 Å². The number of nitro benzene ring substituents is 1. The zero-order chi connectivity index (χ0) is 24.6. The molecule has 2 heterocycles. The van der Waals surface area contributed by atoms with Gasteiger partial charge in [0.05, 0.1) is 18.1 Å². The second-order valence-corrected chi connectivity index (χ2v) is 7.76. The lowest BCUT2D eigenvalue weighted by Gasteiger charge is -2.36. The molecule has 182 valence electrons. The Balaban J connectivity index is 1.51. The number of morpholine rings is 1. The number of nitrogens with zero attached hydrogens (tertiary/aromatic N) is 4. The first-order chi connectivity index (χ1) is 16.2. The Labute approximate surface area is 190 Å². The molecule has 0 atom stereocenters. The highest BCUT2D eigenvalue weighted by Gasteiger charge is 2.32. The van der Waals surface area contributed by atoms with Crippen molar-refractivity contribution in [2.75, 3.05) is 62.3 Å². The lowest BCUT2D eigenvalue weighted by molar-refractivity contribution is -0.384. The molecule has 0 radical (unpaired) electrons. The summed E-state index contributed by atoms with van der Waals surface area (Å²) in [6.45, 7) is 1.21. The predicted molar refractivity (Wildman–Crippen MR) is 110 cm³/mol. The van der Waals surface area contributed by atoms with Crippen LogP contribution in [0.1, 0.15) is 10.4 Å². The second kappa shape index (κ2) is 9.41. The van der Waals surface area contributed by atoms with E-state index in [0.29, 0.717) is 32.0 Å². The number of halogens is 5. The Morgan fingerprint density at radius 1 is 0.824 bits per heavy atom. The molecule has 13 heteroatoms. The van der Waals surface area contributed by atoms with Crippen LogP contribution in [0, 0.1) is 39.2 Å². The van der Waals surface area contributed by atoms with E-state index in [1.165, 1.54) is 23.1 Å². The van der Waals surface area contributed by atoms with Gasteiger partial charge < -0.3 is 19.4 Å². The number of rotatable bonds is 4. The Bertz CT molecular complexity index is 1110. The summed E-state index contributed by atoms with van der Waals surface area (Å²) in [6.07, 6.45) is 0. The lowest BCUT2D eigenvalue weighted by atomic mass is 10.1. The van der Waals surface area contributed by atoms with E-state index in [0.717, 1.165) is 4.90 Å². The van der Waals surface area contributed by atoms with E-state index in [1.807, 2.05) is 0 Å². The number of benzene rings is 2. The second-order valence-electron chi connectivity index (χ2n) is 7.76. The first kappa shape index (κ1) is 23.7. The highest BCUT2D eigenvalue weighted by Crippen LogP contribution is 2.32. The maximum absolute atomic E-state index is 14.1. The minimum absolute atomic E-state index is 0.0494. The lowest BCUT2D eigenvalue weighted by Crippen LogP contribution is -2.49. The van der Waals surface area contributed by atoms with E-state index in [2.05, 4.69) is 0 Å². The van der Waals surface area contributed by atoms with Crippen LogP contribution in [0.25, 0.3) is 0 Å². The summed E-state index contributed by atoms with van der Waals surface area (Å²) in [5, 5.41) is 11.6. The van der Waals surface area contributed by atoms with Crippen LogP contribution in [-0.4, -0.2) is 68.2 Å². The van der Waals surface area contributed by atoms with Crippen molar-refractivity contribution in [1.82, 2.24) is 4.90 Å². The minimum atomic E-state index is -2.24. The van der Waals surface area contributed by atoms with Crippen LogP contribution in [0.5, 0.6) is 0 Å². The van der Waals surface area contributed by atoms with Crippen LogP contribution in [0.4, 0.5) is 39.0 Å². The number of carbonyl (C=O) groups is 1. The zero-order valence-corrected chi connectivity index (χ0v) is 17.7. The van der Waals surface area contributed by atoms with Gasteiger partial charge in [0.2, 0.25) is 5.82 Å². The molecular formula is C21H19F5N4O4. The molecule has 1 amide bonds. The number of ether oxygens (including phenoxy) is 1. The van der Waals surface area contributed by atoms with Gasteiger partial charge in [0.25, 0.3) is 11.6 Å². The molecular weight excluding hydrogens is 467 g/mol. The molecule has 0 spiro atoms. The van der Waals surface area contributed by atoms with Crippen LogP contribution >= 0.6 is 0 Å². The third kappa shape index (κ3) is 4.22. The van der Waals surface area contributed by atoms with Crippen molar-refractivity contribution < 1.29 is 36.4 Å². The molecule has 2 aliphatic heterocycles. The predicted octanol–water partition coefficient (Wildman–Crippen LogP) is 3.09. The van der Waals surface area contributed by atoms with E-state index in [1.54, 1.807) is 4.90 Å². The van der Waals surface area contributed by atoms with E-state index in [-0.39, 0.29) is 37.4 Å². The maximum atomic E-state index is 14.1. The molecule has 8 nitrogen and oxygen atoms in total. The van der Waals surface area contributed by atoms with Gasteiger partial charge >= 0.3 is 0 Å². The molecule has 2 aliphatic rings. The van der Waals surface area contributed by atoms with Gasteiger partial charge in [-0.3, -0.25) is 14.9 Å². The Morgan fingerprint density at radius 2 is 1.38 bits per heavy atom. The molecule has 2 aromatic rings. The summed E-state index contributed by atoms with van der Waals surface area (Å²) >= 11 is 0. The van der Waals surface area contributed by atoms with Crippen molar-refractivity contribution in [3.8, 4) is 0 Å². The summed E-state index contributed by atoms with van der Waals surface area (Å²) in [5.41, 5.74) is -0.879. The highest BCUT2D eigenvalue weighted by atomic mass is 19.2. The van der Waals surface area contributed by atoms with Gasteiger partial charge in [-0.05, 0) is 12.1 Å². The van der Waals surface area contributed by atoms with E-state index >= 15 is 0 Å². The summed E-state index contributed by atoms with van der Waals surface area (Å²) in [5.74, 6) is -10.8. The fourth-order valence-corrected chi connectivity index (χ4v) is 4.06. The van der Waals surface area contributed by atoms with Crippen molar-refractivity contribution in [3.05, 3.63) is 63.0 Å². The molecule has 0 bridgehead atoms. The third-order valence-electron chi connectivity index (χ3n) is 5.84. The van der Waals surface area contributed by atoms with E-state index < -0.39 is 45.6 Å². The largest absolute Gasteiger partial charge is 0.378 e. The number of hydrogen-bond donors (Lipinski definition) is 0. The topological polar surface area (TPSA) is 79.2 Å². The first-order valence-corrected chi connectivity index (χ1v) is 10.4. The number of piperazine rings is 1. The van der Waals surface area contributed by atoms with Gasteiger partial charge in [-0.2, -0.15) is 0 Å². The Hall–Kier alpha value is -3.48. The minimum Gasteiger partial charge on any atom is -0.378 e. The summed E-state index contributed by atoms with van der Waals surface area (Å²) in [6, 6.07) is 4.11. The van der Waals surface area contributed by atoms with Crippen molar-refractivity contribution in [1.29, 1.82) is 0 Å². The normalized spacial score (nSPS) is 16.7. The Kier molecular flexibility index (Phi) is 6.55. The van der Waals surface area contributed by atoms with Gasteiger partial charge in [-0.15, -0.1) is 0 Å². The zero-order valence-electron chi connectivity index (χ0n) is 17.7. The summed E-state index contributed by atoms with van der Waals surface area (Å²) in [7, 11) is 0. The number of nitro groups is 1. The molecule has 0 aromatic heterocycles. The van der Waals surface area contributed by atoms with Gasteiger partial charge in [0.1, 0.15) is 11.4 Å². The maximum Gasteiger partial charge on any atom is 0.293 e. The van der Waals surface area contributed by atoms with Crippen molar-refractivity contribution >= 4 is 23.0 Å². The average Bonchev–Trinajstić information content (AvgIpc) is 2.86. The first-order valence-electron chi connectivity index (χ1n) is 10.4. The third-order valence-corrected chi connectivity index (χ3v) is 5.84. The average molecular weight is 486 g/mol. The van der Waals surface area contributed by atoms with Gasteiger partial charge in [0.15, 0.2) is 23.3 Å². The summed E-state index contributed by atoms with van der Waals surface area (Å²) in [4.78, 5) is 28.0. The summed E-state index contributed by atoms with van der Waals surface area (Å²) < 4.78 is 73.8. The molecule has 4 rings (SSSR count). The number of amides is 1. The fraction of sp³-hybridized carbons (Fsp3) is 0.381. The van der Waals surface area contributed by atoms with Gasteiger partial charge in [0, 0.05) is 50.9 Å². The standard InChI is InChI=1S/C21H19F5N4O4/c22-15-16(23)18(25)20(19(26)17(15)24)28-3-5-29(6-4-28)21(31)12-1-2-13(14(11-12)30(32)33)27-7-9-34-10-8-27/h1-2,11H,3-10H2. The smallest absolute Gasteiger partial charge is 0.293 e. The number of anilines is 2. The Morgan fingerprint density at radius 3 is 1.94 bits per heavy atom. The quantitative estimate of drug-likeness (QED) is 0.217. The molecule has 0 N–H and O–H groups in total. The van der Waals surface area contributed by atoms with Crippen molar-refractivity contribution in [2.45, 2.75) is 0 Å². The van der Waals surface area contributed by atoms with Gasteiger partial charge in [-0.25, -0.2) is 22.0 Å². The molecule has 34 heavy (non-hydrogen) atoms. The number of hydrogen-bond acceptors (Lipinski definition) is 6. The van der Waals surface area contributed by atoms with Gasteiger partial charge in [-0.1, -0.05) is 0 Å². The molecule has 2 aromatic carbocycles. The monoisotopic (exact) mass is 486 g/mol. The molecule has 2 fully saturated rings. The van der Waals surface area contributed by atoms with Crippen LogP contribution in [-0.2, 0) is 4.74 Å². The fourth-order valence-electron chi connectivity index (χ4n) is 4.06. The van der Waals surface area contributed by atoms with Crippen LogP contribution in [0.3, 0.4) is 0 Å².